The Balaban J connectivity index is 4.13. The van der Waals surface area contributed by atoms with Crippen LogP contribution in [-0.4, -0.2) is 33.6 Å². The number of rotatable bonds is 4. The van der Waals surface area contributed by atoms with E-state index in [-0.39, 0.29) is 6.61 Å². The predicted molar refractivity (Wildman–Crippen MR) is 41.0 cm³/mol. The molecule has 6 heteroatoms. The minimum atomic E-state index is -3.79. The highest BCUT2D eigenvalue weighted by Crippen LogP contribution is 2.15. The van der Waals surface area contributed by atoms with Gasteiger partial charge in [0.2, 0.25) is 9.05 Å². The molecule has 0 N–H and O–H groups in total. The van der Waals surface area contributed by atoms with E-state index in [0.29, 0.717) is 0 Å². The maximum absolute atomic E-state index is 13.0. The SMILES string of the molecule is COC[C@](C)(F)CS(=O)(=O)Cl. The van der Waals surface area contributed by atoms with Crippen LogP contribution in [0, 0.1) is 0 Å². The highest BCUT2D eigenvalue weighted by molar-refractivity contribution is 8.13. The Morgan fingerprint density at radius 2 is 2.09 bits per heavy atom. The molecule has 0 aromatic rings. The summed E-state index contributed by atoms with van der Waals surface area (Å²) >= 11 is 0. The second kappa shape index (κ2) is 3.69. The molecule has 1 atom stereocenters. The highest BCUT2D eigenvalue weighted by Gasteiger charge is 2.29. The number of halogens is 2. The molecule has 0 aromatic heterocycles. The van der Waals surface area contributed by atoms with Gasteiger partial charge >= 0.3 is 0 Å². The van der Waals surface area contributed by atoms with E-state index in [9.17, 15) is 12.8 Å². The van der Waals surface area contributed by atoms with E-state index >= 15 is 0 Å². The zero-order valence-corrected chi connectivity index (χ0v) is 7.88. The van der Waals surface area contributed by atoms with Crippen molar-refractivity contribution < 1.29 is 17.5 Å². The molecule has 0 radical (unpaired) electrons. The molecule has 0 saturated heterocycles. The average molecular weight is 205 g/mol. The summed E-state index contributed by atoms with van der Waals surface area (Å²) in [6.07, 6.45) is 0. The molecule has 0 aliphatic heterocycles. The molecular formula is C5H10ClFO3S. The van der Waals surface area contributed by atoms with Crippen LogP contribution in [0.25, 0.3) is 0 Å². The largest absolute Gasteiger partial charge is 0.381 e. The van der Waals surface area contributed by atoms with Crippen molar-refractivity contribution in [2.75, 3.05) is 19.5 Å². The van der Waals surface area contributed by atoms with Gasteiger partial charge in [0.15, 0.2) is 0 Å². The van der Waals surface area contributed by atoms with E-state index < -0.39 is 20.5 Å². The normalized spacial score (nSPS) is 17.8. The van der Waals surface area contributed by atoms with Gasteiger partial charge in [-0.05, 0) is 6.92 Å². The Bertz CT molecular complexity index is 212. The summed E-state index contributed by atoms with van der Waals surface area (Å²) in [7, 11) is 2.33. The molecule has 0 saturated carbocycles. The molecule has 0 aromatic carbocycles. The van der Waals surface area contributed by atoms with Gasteiger partial charge in [0.05, 0.1) is 6.61 Å². The van der Waals surface area contributed by atoms with Crippen molar-refractivity contribution in [3.05, 3.63) is 0 Å². The van der Waals surface area contributed by atoms with Crippen LogP contribution in [0.2, 0.25) is 0 Å². The average Bonchev–Trinajstić information content (AvgIpc) is 1.55. The Kier molecular flexibility index (Phi) is 3.73. The minimum Gasteiger partial charge on any atom is -0.381 e. The van der Waals surface area contributed by atoms with Crippen molar-refractivity contribution in [1.82, 2.24) is 0 Å². The van der Waals surface area contributed by atoms with E-state index in [4.69, 9.17) is 10.7 Å². The van der Waals surface area contributed by atoms with Gasteiger partial charge < -0.3 is 4.74 Å². The molecule has 0 heterocycles. The van der Waals surface area contributed by atoms with Gasteiger partial charge in [0, 0.05) is 17.8 Å². The maximum Gasteiger partial charge on any atom is 0.235 e. The second-order valence-electron chi connectivity index (χ2n) is 2.53. The first-order chi connectivity index (χ1) is 4.77. The van der Waals surface area contributed by atoms with Crippen molar-refractivity contribution >= 4 is 19.7 Å². The highest BCUT2D eigenvalue weighted by atomic mass is 35.7. The summed E-state index contributed by atoms with van der Waals surface area (Å²) in [5, 5.41) is 0. The van der Waals surface area contributed by atoms with Crippen LogP contribution in [0.1, 0.15) is 6.92 Å². The summed E-state index contributed by atoms with van der Waals surface area (Å²) in [6.45, 7) is 0.843. The minimum absolute atomic E-state index is 0.279. The Morgan fingerprint density at radius 3 is 2.36 bits per heavy atom. The van der Waals surface area contributed by atoms with Crippen molar-refractivity contribution in [2.45, 2.75) is 12.6 Å². The maximum atomic E-state index is 13.0. The molecule has 0 rings (SSSR count). The lowest BCUT2D eigenvalue weighted by Crippen LogP contribution is -2.32. The third kappa shape index (κ3) is 6.52. The van der Waals surface area contributed by atoms with Gasteiger partial charge in [-0.25, -0.2) is 12.8 Å². The van der Waals surface area contributed by atoms with E-state index in [1.807, 2.05) is 0 Å². The fourth-order valence-electron chi connectivity index (χ4n) is 0.702. The van der Waals surface area contributed by atoms with Gasteiger partial charge in [0.1, 0.15) is 11.4 Å². The molecule has 0 aliphatic rings. The number of hydrogen-bond acceptors (Lipinski definition) is 3. The first-order valence-corrected chi connectivity index (χ1v) is 5.35. The smallest absolute Gasteiger partial charge is 0.235 e. The third-order valence-corrected chi connectivity index (χ3v) is 2.19. The molecule has 0 amide bonds. The summed E-state index contributed by atoms with van der Waals surface area (Å²) in [4.78, 5) is 0. The molecule has 11 heavy (non-hydrogen) atoms. The standard InChI is InChI=1S/C5H10ClFO3S/c1-5(7,3-10-2)4-11(6,8)9/h3-4H2,1-2H3/t5-/m0/s1. The van der Waals surface area contributed by atoms with E-state index in [1.165, 1.54) is 7.11 Å². The van der Waals surface area contributed by atoms with Crippen molar-refractivity contribution in [2.24, 2.45) is 0 Å². The predicted octanol–water partition coefficient (Wildman–Crippen LogP) is 0.930. The Labute approximate surface area is 69.9 Å². The molecule has 0 bridgehead atoms. The number of ether oxygens (including phenoxy) is 1. The van der Waals surface area contributed by atoms with Gasteiger partial charge in [0.25, 0.3) is 0 Å². The lowest BCUT2D eigenvalue weighted by Gasteiger charge is -2.16. The topological polar surface area (TPSA) is 43.4 Å². The molecule has 68 valence electrons. The lowest BCUT2D eigenvalue weighted by molar-refractivity contribution is 0.0709. The van der Waals surface area contributed by atoms with E-state index in [2.05, 4.69) is 4.74 Å². The van der Waals surface area contributed by atoms with Crippen LogP contribution in [0.4, 0.5) is 4.39 Å². The van der Waals surface area contributed by atoms with Crippen LogP contribution in [0.3, 0.4) is 0 Å². The number of hydrogen-bond donors (Lipinski definition) is 0. The number of methoxy groups -OCH3 is 1. The monoisotopic (exact) mass is 204 g/mol. The van der Waals surface area contributed by atoms with Crippen LogP contribution >= 0.6 is 10.7 Å². The van der Waals surface area contributed by atoms with Crippen LogP contribution in [0.5, 0.6) is 0 Å². The number of alkyl halides is 1. The second-order valence-corrected chi connectivity index (χ2v) is 5.31. The summed E-state index contributed by atoms with van der Waals surface area (Å²) < 4.78 is 38.2. The molecule has 0 unspecified atom stereocenters. The summed E-state index contributed by atoms with van der Waals surface area (Å²) in [5.74, 6) is -0.727. The molecular weight excluding hydrogens is 195 g/mol. The zero-order chi connectivity index (χ0) is 9.12. The first-order valence-electron chi connectivity index (χ1n) is 2.87. The fourth-order valence-corrected chi connectivity index (χ4v) is 2.19. The van der Waals surface area contributed by atoms with E-state index in [0.717, 1.165) is 6.92 Å². The summed E-state index contributed by atoms with van der Waals surface area (Å²) in [6, 6.07) is 0. The summed E-state index contributed by atoms with van der Waals surface area (Å²) in [5.41, 5.74) is -1.91. The first kappa shape index (κ1) is 11.1. The Hall–Kier alpha value is 0.130. The van der Waals surface area contributed by atoms with Crippen molar-refractivity contribution in [1.29, 1.82) is 0 Å². The molecule has 0 spiro atoms. The van der Waals surface area contributed by atoms with Gasteiger partial charge in [-0.15, -0.1) is 0 Å². The van der Waals surface area contributed by atoms with Gasteiger partial charge in [-0.2, -0.15) is 0 Å². The molecule has 0 fully saturated rings. The van der Waals surface area contributed by atoms with Gasteiger partial charge in [-0.3, -0.25) is 0 Å². The zero-order valence-electron chi connectivity index (χ0n) is 6.30. The van der Waals surface area contributed by atoms with Gasteiger partial charge in [-0.1, -0.05) is 0 Å². The van der Waals surface area contributed by atoms with Crippen molar-refractivity contribution in [3.63, 3.8) is 0 Å². The Morgan fingerprint density at radius 1 is 1.64 bits per heavy atom. The molecule has 0 aliphatic carbocycles. The van der Waals surface area contributed by atoms with Crippen LogP contribution < -0.4 is 0 Å². The van der Waals surface area contributed by atoms with E-state index in [1.54, 1.807) is 0 Å². The van der Waals surface area contributed by atoms with Crippen LogP contribution in [0.15, 0.2) is 0 Å². The van der Waals surface area contributed by atoms with Crippen LogP contribution in [-0.2, 0) is 13.8 Å². The third-order valence-electron chi connectivity index (χ3n) is 0.919. The quantitative estimate of drug-likeness (QED) is 0.640. The lowest BCUT2D eigenvalue weighted by atomic mass is 10.2. The fraction of sp³-hybridized carbons (Fsp3) is 1.00. The molecule has 3 nitrogen and oxygen atoms in total. The van der Waals surface area contributed by atoms with Crippen molar-refractivity contribution in [3.8, 4) is 0 Å².